The molecule has 2 rings (SSSR count). The van der Waals surface area contributed by atoms with E-state index >= 15 is 0 Å². The highest BCUT2D eigenvalue weighted by Gasteiger charge is 2.11. The number of nitrogens with zero attached hydrogens (tertiary/aromatic N) is 3. The van der Waals surface area contributed by atoms with Crippen LogP contribution in [-0.4, -0.2) is 27.3 Å². The number of hydrogen-bond donors (Lipinski definition) is 1. The van der Waals surface area contributed by atoms with Gasteiger partial charge < -0.3 is 9.73 Å². The van der Waals surface area contributed by atoms with E-state index in [1.165, 1.54) is 0 Å². The van der Waals surface area contributed by atoms with Crippen molar-refractivity contribution in [3.63, 3.8) is 0 Å². The third-order valence-corrected chi connectivity index (χ3v) is 2.39. The third-order valence-electron chi connectivity index (χ3n) is 2.39. The second-order valence-corrected chi connectivity index (χ2v) is 5.16. The summed E-state index contributed by atoms with van der Waals surface area (Å²) in [6.45, 7) is 7.21. The van der Waals surface area contributed by atoms with E-state index in [2.05, 4.69) is 41.3 Å². The number of pyridine rings is 1. The zero-order chi connectivity index (χ0) is 13.0. The highest BCUT2D eigenvalue weighted by molar-refractivity contribution is 5.50. The van der Waals surface area contributed by atoms with E-state index in [0.717, 1.165) is 18.5 Å². The van der Waals surface area contributed by atoms with Crippen molar-refractivity contribution in [2.75, 3.05) is 6.54 Å². The molecule has 5 nitrogen and oxygen atoms in total. The molecule has 0 aliphatic heterocycles. The van der Waals surface area contributed by atoms with Gasteiger partial charge >= 0.3 is 0 Å². The van der Waals surface area contributed by atoms with Gasteiger partial charge in [0.25, 0.3) is 0 Å². The van der Waals surface area contributed by atoms with Crippen molar-refractivity contribution in [1.29, 1.82) is 0 Å². The summed E-state index contributed by atoms with van der Waals surface area (Å²) < 4.78 is 5.59. The molecule has 0 fully saturated rings. The predicted octanol–water partition coefficient (Wildman–Crippen LogP) is 2.06. The second kappa shape index (κ2) is 5.27. The van der Waals surface area contributed by atoms with Crippen LogP contribution in [0.3, 0.4) is 0 Å². The Hall–Kier alpha value is -1.75. The van der Waals surface area contributed by atoms with Crippen LogP contribution in [0.5, 0.6) is 0 Å². The van der Waals surface area contributed by atoms with Gasteiger partial charge in [-0.15, -0.1) is 10.2 Å². The molecule has 0 spiro atoms. The molecular formula is C13H18N4O. The quantitative estimate of drug-likeness (QED) is 0.894. The van der Waals surface area contributed by atoms with Crippen LogP contribution in [0.25, 0.3) is 11.5 Å². The Balaban J connectivity index is 1.95. The van der Waals surface area contributed by atoms with Gasteiger partial charge in [-0.25, -0.2) is 0 Å². The monoisotopic (exact) mass is 246 g/mol. The van der Waals surface area contributed by atoms with Crippen LogP contribution in [0.2, 0.25) is 0 Å². The maximum absolute atomic E-state index is 5.59. The van der Waals surface area contributed by atoms with Crippen molar-refractivity contribution < 1.29 is 4.42 Å². The summed E-state index contributed by atoms with van der Waals surface area (Å²) in [5, 5.41) is 11.4. The molecule has 5 heteroatoms. The van der Waals surface area contributed by atoms with Crippen molar-refractivity contribution in [2.24, 2.45) is 0 Å². The molecule has 0 aliphatic rings. The lowest BCUT2D eigenvalue weighted by Crippen LogP contribution is -2.37. The molecule has 0 bridgehead atoms. The van der Waals surface area contributed by atoms with E-state index in [0.29, 0.717) is 11.8 Å². The van der Waals surface area contributed by atoms with E-state index in [1.807, 2.05) is 12.1 Å². The number of hydrogen-bond acceptors (Lipinski definition) is 5. The van der Waals surface area contributed by atoms with Crippen molar-refractivity contribution >= 4 is 0 Å². The first kappa shape index (κ1) is 12.7. The molecule has 0 aliphatic carbocycles. The summed E-state index contributed by atoms with van der Waals surface area (Å²) in [6, 6.07) is 3.70. The SMILES string of the molecule is CC(C)(C)NCCc1nnc(-c2ccncc2)o1. The molecule has 0 saturated heterocycles. The van der Waals surface area contributed by atoms with Crippen molar-refractivity contribution in [3.05, 3.63) is 30.4 Å². The third kappa shape index (κ3) is 3.63. The molecule has 0 atom stereocenters. The van der Waals surface area contributed by atoms with Crippen LogP contribution >= 0.6 is 0 Å². The standard InChI is InChI=1S/C13H18N4O/c1-13(2,3)15-9-6-11-16-17-12(18-11)10-4-7-14-8-5-10/h4-5,7-8,15H,6,9H2,1-3H3. The Morgan fingerprint density at radius 3 is 2.56 bits per heavy atom. The molecule has 18 heavy (non-hydrogen) atoms. The van der Waals surface area contributed by atoms with Crippen LogP contribution < -0.4 is 5.32 Å². The molecule has 0 radical (unpaired) electrons. The van der Waals surface area contributed by atoms with Gasteiger partial charge in [-0.05, 0) is 32.9 Å². The molecule has 2 aromatic rings. The maximum Gasteiger partial charge on any atom is 0.247 e. The molecule has 96 valence electrons. The predicted molar refractivity (Wildman–Crippen MR) is 69.0 cm³/mol. The lowest BCUT2D eigenvalue weighted by atomic mass is 10.1. The summed E-state index contributed by atoms with van der Waals surface area (Å²) >= 11 is 0. The van der Waals surface area contributed by atoms with E-state index in [1.54, 1.807) is 12.4 Å². The van der Waals surface area contributed by atoms with Crippen LogP contribution in [0, 0.1) is 0 Å². The molecule has 2 aromatic heterocycles. The average molecular weight is 246 g/mol. The van der Waals surface area contributed by atoms with Crippen molar-refractivity contribution in [3.8, 4) is 11.5 Å². The molecule has 0 unspecified atom stereocenters. The van der Waals surface area contributed by atoms with Gasteiger partial charge in [-0.3, -0.25) is 4.98 Å². The first-order chi connectivity index (χ1) is 8.54. The van der Waals surface area contributed by atoms with Gasteiger partial charge in [-0.2, -0.15) is 0 Å². The fourth-order valence-corrected chi connectivity index (χ4v) is 1.51. The zero-order valence-electron chi connectivity index (χ0n) is 11.0. The summed E-state index contributed by atoms with van der Waals surface area (Å²) in [4.78, 5) is 3.95. The van der Waals surface area contributed by atoms with Crippen molar-refractivity contribution in [1.82, 2.24) is 20.5 Å². The summed E-state index contributed by atoms with van der Waals surface area (Å²) in [7, 11) is 0. The Bertz CT molecular complexity index is 487. The van der Waals surface area contributed by atoms with Gasteiger partial charge in [0.05, 0.1) is 0 Å². The molecular weight excluding hydrogens is 228 g/mol. The molecule has 0 amide bonds. The topological polar surface area (TPSA) is 63.8 Å². The Morgan fingerprint density at radius 2 is 1.89 bits per heavy atom. The average Bonchev–Trinajstić information content (AvgIpc) is 2.77. The maximum atomic E-state index is 5.59. The zero-order valence-corrected chi connectivity index (χ0v) is 11.0. The molecule has 0 aromatic carbocycles. The normalized spacial score (nSPS) is 11.7. The van der Waals surface area contributed by atoms with Gasteiger partial charge in [0.15, 0.2) is 0 Å². The van der Waals surface area contributed by atoms with Crippen LogP contribution in [0.15, 0.2) is 28.9 Å². The first-order valence-corrected chi connectivity index (χ1v) is 6.02. The number of aromatic nitrogens is 3. The van der Waals surface area contributed by atoms with E-state index in [9.17, 15) is 0 Å². The minimum atomic E-state index is 0.105. The Kier molecular flexibility index (Phi) is 3.72. The second-order valence-electron chi connectivity index (χ2n) is 5.16. The lowest BCUT2D eigenvalue weighted by molar-refractivity contribution is 0.412. The summed E-state index contributed by atoms with van der Waals surface area (Å²) in [6.07, 6.45) is 4.15. The first-order valence-electron chi connectivity index (χ1n) is 6.02. The van der Waals surface area contributed by atoms with E-state index in [-0.39, 0.29) is 5.54 Å². The van der Waals surface area contributed by atoms with Crippen molar-refractivity contribution in [2.45, 2.75) is 32.7 Å². The molecule has 0 saturated carbocycles. The van der Waals surface area contributed by atoms with Crippen LogP contribution in [0.4, 0.5) is 0 Å². The number of rotatable bonds is 4. The molecule has 1 N–H and O–H groups in total. The van der Waals surface area contributed by atoms with Gasteiger partial charge in [0.2, 0.25) is 11.8 Å². The Morgan fingerprint density at radius 1 is 1.17 bits per heavy atom. The minimum Gasteiger partial charge on any atom is -0.421 e. The number of nitrogens with one attached hydrogen (secondary N) is 1. The van der Waals surface area contributed by atoms with E-state index in [4.69, 9.17) is 4.42 Å². The summed E-state index contributed by atoms with van der Waals surface area (Å²) in [5.74, 6) is 1.20. The highest BCUT2D eigenvalue weighted by atomic mass is 16.4. The lowest BCUT2D eigenvalue weighted by Gasteiger charge is -2.19. The minimum absolute atomic E-state index is 0.105. The van der Waals surface area contributed by atoms with Crippen LogP contribution in [0.1, 0.15) is 26.7 Å². The van der Waals surface area contributed by atoms with Gasteiger partial charge in [-0.1, -0.05) is 0 Å². The largest absolute Gasteiger partial charge is 0.421 e. The molecule has 2 heterocycles. The van der Waals surface area contributed by atoms with Gasteiger partial charge in [0, 0.05) is 36.5 Å². The smallest absolute Gasteiger partial charge is 0.247 e. The summed E-state index contributed by atoms with van der Waals surface area (Å²) in [5.41, 5.74) is 1.00. The Labute approximate surface area is 107 Å². The van der Waals surface area contributed by atoms with Gasteiger partial charge in [0.1, 0.15) is 0 Å². The fourth-order valence-electron chi connectivity index (χ4n) is 1.51. The fraction of sp³-hybridized carbons (Fsp3) is 0.462. The van der Waals surface area contributed by atoms with E-state index < -0.39 is 0 Å². The van der Waals surface area contributed by atoms with Crippen LogP contribution in [-0.2, 0) is 6.42 Å². The highest BCUT2D eigenvalue weighted by Crippen LogP contribution is 2.16.